The summed E-state index contributed by atoms with van der Waals surface area (Å²) in [4.78, 5) is 38.9. The highest BCUT2D eigenvalue weighted by Gasteiger charge is 2.36. The molecule has 34 heavy (non-hydrogen) atoms. The maximum atomic E-state index is 12.9. The molecule has 0 spiro atoms. The van der Waals surface area contributed by atoms with Crippen LogP contribution in [0.1, 0.15) is 16.7 Å². The number of carbonyl (C=O) groups excluding carboxylic acids is 2. The molecule has 0 saturated heterocycles. The number of nitro groups is 1. The molecule has 0 aliphatic carbocycles. The second-order valence-corrected chi connectivity index (χ2v) is 7.06. The van der Waals surface area contributed by atoms with Gasteiger partial charge in [-0.05, 0) is 17.5 Å². The van der Waals surface area contributed by atoms with Gasteiger partial charge in [0.1, 0.15) is 6.61 Å². The number of nitrogens with zero attached hydrogens (tertiary/aromatic N) is 2. The summed E-state index contributed by atoms with van der Waals surface area (Å²) in [5.41, 5.74) is -1.33. The van der Waals surface area contributed by atoms with Crippen molar-refractivity contribution in [1.82, 2.24) is 4.98 Å². The zero-order valence-corrected chi connectivity index (χ0v) is 17.4. The summed E-state index contributed by atoms with van der Waals surface area (Å²) in [5.74, 6) is -4.73. The first-order chi connectivity index (χ1) is 16.1. The quantitative estimate of drug-likeness (QED) is 0.204. The minimum Gasteiger partial charge on any atom is -0.460 e. The average Bonchev–Trinajstić information content (AvgIpc) is 2.81. The summed E-state index contributed by atoms with van der Waals surface area (Å²) >= 11 is 0. The smallest absolute Gasteiger partial charge is 0.418 e. The van der Waals surface area contributed by atoms with Crippen LogP contribution in [0.4, 0.5) is 18.9 Å². The predicted molar refractivity (Wildman–Crippen MR) is 111 cm³/mol. The Kier molecular flexibility index (Phi) is 7.57. The normalized spacial score (nSPS) is 12.0. The van der Waals surface area contributed by atoms with Crippen LogP contribution in [0.3, 0.4) is 0 Å². The van der Waals surface area contributed by atoms with Gasteiger partial charge < -0.3 is 9.47 Å². The van der Waals surface area contributed by atoms with E-state index in [1.165, 1.54) is 0 Å². The molecule has 2 aromatic carbocycles. The van der Waals surface area contributed by atoms with Crippen LogP contribution < -0.4 is 4.74 Å². The van der Waals surface area contributed by atoms with Crippen LogP contribution >= 0.6 is 0 Å². The van der Waals surface area contributed by atoms with E-state index in [0.717, 1.165) is 0 Å². The van der Waals surface area contributed by atoms with Crippen LogP contribution in [0.15, 0.2) is 72.9 Å². The third kappa shape index (κ3) is 6.37. The van der Waals surface area contributed by atoms with Gasteiger partial charge in [0, 0.05) is 12.3 Å². The first kappa shape index (κ1) is 24.4. The monoisotopic (exact) mass is 474 g/mol. The highest BCUT2D eigenvalue weighted by Crippen LogP contribution is 2.34. The molecule has 0 radical (unpaired) electrons. The van der Waals surface area contributed by atoms with Gasteiger partial charge in [-0.1, -0.05) is 60.7 Å². The van der Waals surface area contributed by atoms with Gasteiger partial charge in [0.05, 0.1) is 10.5 Å². The topological polar surface area (TPSA) is 109 Å². The molecule has 1 heterocycles. The van der Waals surface area contributed by atoms with Gasteiger partial charge in [-0.15, -0.1) is 0 Å². The number of alkyl halides is 3. The summed E-state index contributed by atoms with van der Waals surface area (Å²) in [6.45, 7) is -0.142. The molecular formula is C23H17F3N2O6. The molecule has 0 saturated carbocycles. The van der Waals surface area contributed by atoms with Crippen molar-refractivity contribution in [2.24, 2.45) is 5.92 Å². The lowest BCUT2D eigenvalue weighted by molar-refractivity contribution is -0.386. The van der Waals surface area contributed by atoms with Gasteiger partial charge in [-0.2, -0.15) is 13.2 Å². The first-order valence-electron chi connectivity index (χ1n) is 9.83. The number of halogens is 3. The van der Waals surface area contributed by atoms with E-state index in [4.69, 9.17) is 9.47 Å². The van der Waals surface area contributed by atoms with E-state index in [1.54, 1.807) is 60.7 Å². The molecule has 1 atom stereocenters. The van der Waals surface area contributed by atoms with Crippen molar-refractivity contribution < 1.29 is 37.2 Å². The largest absolute Gasteiger partial charge is 0.460 e. The van der Waals surface area contributed by atoms with E-state index in [-0.39, 0.29) is 19.1 Å². The van der Waals surface area contributed by atoms with Gasteiger partial charge in [0.2, 0.25) is 0 Å². The van der Waals surface area contributed by atoms with E-state index >= 15 is 0 Å². The van der Waals surface area contributed by atoms with Gasteiger partial charge >= 0.3 is 29.7 Å². The van der Waals surface area contributed by atoms with Crippen LogP contribution in [-0.2, 0) is 33.5 Å². The highest BCUT2D eigenvalue weighted by molar-refractivity contribution is 5.96. The number of benzene rings is 2. The Balaban J connectivity index is 1.84. The molecule has 0 N–H and O–H groups in total. The molecule has 0 amide bonds. The number of carbonyl (C=O) groups is 2. The Morgan fingerprint density at radius 3 is 2.12 bits per heavy atom. The fourth-order valence-corrected chi connectivity index (χ4v) is 2.91. The van der Waals surface area contributed by atoms with Crippen molar-refractivity contribution in [3.05, 3.63) is 99.7 Å². The average molecular weight is 474 g/mol. The molecule has 11 heteroatoms. The number of aromatic nitrogens is 1. The maximum absolute atomic E-state index is 12.9. The minimum atomic E-state index is -4.89. The lowest BCUT2D eigenvalue weighted by Crippen LogP contribution is -2.32. The second-order valence-electron chi connectivity index (χ2n) is 7.06. The van der Waals surface area contributed by atoms with Crippen molar-refractivity contribution in [1.29, 1.82) is 0 Å². The predicted octanol–water partition coefficient (Wildman–Crippen LogP) is 4.52. The molecule has 0 aliphatic rings. The van der Waals surface area contributed by atoms with Crippen molar-refractivity contribution in [3.63, 3.8) is 0 Å². The molecule has 1 aromatic heterocycles. The first-order valence-corrected chi connectivity index (χ1v) is 9.83. The Morgan fingerprint density at radius 1 is 0.971 bits per heavy atom. The van der Waals surface area contributed by atoms with Crippen LogP contribution in [0.2, 0.25) is 0 Å². The SMILES string of the molecule is O=C(OCc1ccccc1)C(Cc1ccccc1)C(=O)Oc1ncc(C(F)(F)F)cc1[N+](=O)[O-]. The van der Waals surface area contributed by atoms with Gasteiger partial charge in [0.15, 0.2) is 5.92 Å². The van der Waals surface area contributed by atoms with E-state index in [2.05, 4.69) is 4.98 Å². The molecule has 0 bridgehead atoms. The minimum absolute atomic E-state index is 0.142. The number of ether oxygens (including phenoxy) is 2. The Labute approximate surface area is 191 Å². The van der Waals surface area contributed by atoms with E-state index in [1.807, 2.05) is 0 Å². The van der Waals surface area contributed by atoms with Crippen molar-refractivity contribution in [3.8, 4) is 5.88 Å². The summed E-state index contributed by atoms with van der Waals surface area (Å²) in [7, 11) is 0. The lowest BCUT2D eigenvalue weighted by Gasteiger charge is -2.15. The molecule has 0 aliphatic heterocycles. The van der Waals surface area contributed by atoms with Gasteiger partial charge in [-0.25, -0.2) is 4.98 Å². The summed E-state index contributed by atoms with van der Waals surface area (Å²) in [5, 5.41) is 11.3. The molecular weight excluding hydrogens is 457 g/mol. The van der Waals surface area contributed by atoms with Crippen molar-refractivity contribution in [2.45, 2.75) is 19.2 Å². The Hall–Kier alpha value is -4.28. The Morgan fingerprint density at radius 2 is 1.56 bits per heavy atom. The summed E-state index contributed by atoms with van der Waals surface area (Å²) in [6, 6.07) is 17.2. The fourth-order valence-electron chi connectivity index (χ4n) is 2.91. The zero-order chi connectivity index (χ0) is 24.7. The second kappa shape index (κ2) is 10.6. The van der Waals surface area contributed by atoms with Gasteiger partial charge in [0.25, 0.3) is 0 Å². The molecule has 3 aromatic rings. The van der Waals surface area contributed by atoms with Crippen LogP contribution in [0.5, 0.6) is 5.88 Å². The summed E-state index contributed by atoms with van der Waals surface area (Å²) < 4.78 is 48.8. The Bertz CT molecular complexity index is 1170. The number of esters is 2. The highest BCUT2D eigenvalue weighted by atomic mass is 19.4. The van der Waals surface area contributed by atoms with Crippen LogP contribution in [-0.4, -0.2) is 21.8 Å². The molecule has 0 fully saturated rings. The lowest BCUT2D eigenvalue weighted by atomic mass is 9.99. The van der Waals surface area contributed by atoms with E-state index in [9.17, 15) is 32.9 Å². The van der Waals surface area contributed by atoms with Crippen molar-refractivity contribution in [2.75, 3.05) is 0 Å². The number of hydrogen-bond acceptors (Lipinski definition) is 7. The molecule has 3 rings (SSSR count). The fraction of sp³-hybridized carbons (Fsp3) is 0.174. The van der Waals surface area contributed by atoms with Crippen LogP contribution in [0, 0.1) is 16.0 Å². The maximum Gasteiger partial charge on any atom is 0.418 e. The molecule has 8 nitrogen and oxygen atoms in total. The zero-order valence-electron chi connectivity index (χ0n) is 17.4. The summed E-state index contributed by atoms with van der Waals surface area (Å²) in [6.07, 6.45) is -4.76. The third-order valence-corrected chi connectivity index (χ3v) is 4.63. The third-order valence-electron chi connectivity index (χ3n) is 4.63. The van der Waals surface area contributed by atoms with Crippen molar-refractivity contribution >= 4 is 17.6 Å². The van der Waals surface area contributed by atoms with E-state index < -0.39 is 46.1 Å². The van der Waals surface area contributed by atoms with Crippen LogP contribution in [0.25, 0.3) is 0 Å². The molecule has 176 valence electrons. The number of pyridine rings is 1. The molecule has 1 unspecified atom stereocenters. The number of rotatable bonds is 8. The number of hydrogen-bond donors (Lipinski definition) is 0. The van der Waals surface area contributed by atoms with E-state index in [0.29, 0.717) is 17.3 Å². The van der Waals surface area contributed by atoms with Gasteiger partial charge in [-0.3, -0.25) is 19.7 Å². The standard InChI is InChI=1S/C23H17F3N2O6/c24-23(25,26)17-12-19(28(31)32)20(27-13-17)34-22(30)18(11-15-7-3-1-4-8-15)21(29)33-14-16-9-5-2-6-10-16/h1-10,12-13,18H,11,14H2.